The molecule has 0 radical (unpaired) electrons. The summed E-state index contributed by atoms with van der Waals surface area (Å²) in [5.41, 5.74) is 3.22. The van der Waals surface area contributed by atoms with Gasteiger partial charge in [0.2, 0.25) is 0 Å². The lowest BCUT2D eigenvalue weighted by molar-refractivity contribution is -0.143. The van der Waals surface area contributed by atoms with Crippen LogP contribution in [-0.2, 0) is 6.18 Å². The number of alkyl halides is 3. The minimum atomic E-state index is -4.96. The summed E-state index contributed by atoms with van der Waals surface area (Å²) < 4.78 is 57.0. The van der Waals surface area contributed by atoms with E-state index in [1.54, 1.807) is 0 Å². The summed E-state index contributed by atoms with van der Waals surface area (Å²) in [6.07, 6.45) is -0.550. The van der Waals surface area contributed by atoms with Crippen molar-refractivity contribution in [3.63, 3.8) is 0 Å². The van der Waals surface area contributed by atoms with Gasteiger partial charge in [0.25, 0.3) is 5.91 Å². The van der Waals surface area contributed by atoms with Gasteiger partial charge in [-0.1, -0.05) is 11.6 Å². The van der Waals surface area contributed by atoms with Crippen molar-refractivity contribution in [2.24, 2.45) is 0 Å². The van der Waals surface area contributed by atoms with Crippen LogP contribution in [0.5, 0.6) is 0 Å². The third-order valence-electron chi connectivity index (χ3n) is 4.11. The molecule has 0 spiro atoms. The first-order valence-corrected chi connectivity index (χ1v) is 8.54. The Morgan fingerprint density at radius 3 is 2.67 bits per heavy atom. The van der Waals surface area contributed by atoms with E-state index in [9.17, 15) is 22.4 Å². The Balaban J connectivity index is 1.81. The van der Waals surface area contributed by atoms with E-state index in [0.717, 1.165) is 28.9 Å². The van der Waals surface area contributed by atoms with Gasteiger partial charge in [0.1, 0.15) is 11.6 Å². The Labute approximate surface area is 169 Å². The Kier molecular flexibility index (Phi) is 4.57. The van der Waals surface area contributed by atoms with E-state index in [2.05, 4.69) is 20.4 Å². The van der Waals surface area contributed by atoms with Gasteiger partial charge in [-0.25, -0.2) is 19.0 Å². The van der Waals surface area contributed by atoms with Crippen LogP contribution in [0.2, 0.25) is 5.02 Å². The van der Waals surface area contributed by atoms with Crippen molar-refractivity contribution in [1.82, 2.24) is 24.1 Å². The highest BCUT2D eigenvalue weighted by Gasteiger charge is 2.41. The minimum Gasteiger partial charge on any atom is -0.382 e. The van der Waals surface area contributed by atoms with Gasteiger partial charge < -0.3 is 11.1 Å². The summed E-state index contributed by atoms with van der Waals surface area (Å²) in [7, 11) is 0. The average Bonchev–Trinajstić information content (AvgIpc) is 3.32. The SMILES string of the molecule is Nc1ncc(NC(=O)c2cnn(-c3ccc(F)c4nccn34)c2C(F)(F)F)cc1Cl. The van der Waals surface area contributed by atoms with Gasteiger partial charge in [-0.05, 0) is 18.2 Å². The fraction of sp³-hybridized carbons (Fsp3) is 0.0588. The summed E-state index contributed by atoms with van der Waals surface area (Å²) in [5, 5.41) is 6.00. The number of amides is 1. The molecular formula is C17H10ClF4N7O. The zero-order chi connectivity index (χ0) is 21.6. The number of fused-ring (bicyclic) bond motifs is 1. The van der Waals surface area contributed by atoms with Crippen LogP contribution in [0, 0.1) is 5.82 Å². The van der Waals surface area contributed by atoms with Crippen LogP contribution in [-0.4, -0.2) is 30.1 Å². The molecule has 0 aromatic carbocycles. The quantitative estimate of drug-likeness (QED) is 0.475. The normalized spacial score (nSPS) is 11.8. The van der Waals surface area contributed by atoms with Gasteiger partial charge in [0.15, 0.2) is 17.2 Å². The van der Waals surface area contributed by atoms with Crippen molar-refractivity contribution in [1.29, 1.82) is 0 Å². The van der Waals surface area contributed by atoms with E-state index in [1.165, 1.54) is 18.5 Å². The van der Waals surface area contributed by atoms with Crippen LogP contribution < -0.4 is 11.1 Å². The van der Waals surface area contributed by atoms with Gasteiger partial charge in [0.05, 0.1) is 28.7 Å². The number of pyridine rings is 2. The second-order valence-corrected chi connectivity index (χ2v) is 6.43. The van der Waals surface area contributed by atoms with E-state index < -0.39 is 29.2 Å². The molecule has 1 amide bonds. The fourth-order valence-corrected chi connectivity index (χ4v) is 2.98. The summed E-state index contributed by atoms with van der Waals surface area (Å²) in [6, 6.07) is 3.30. The van der Waals surface area contributed by atoms with Crippen LogP contribution in [0.3, 0.4) is 0 Å². The number of anilines is 2. The maximum atomic E-state index is 13.9. The predicted octanol–water partition coefficient (Wildman–Crippen LogP) is 3.56. The molecule has 0 atom stereocenters. The molecule has 0 saturated heterocycles. The molecule has 30 heavy (non-hydrogen) atoms. The molecule has 154 valence electrons. The lowest BCUT2D eigenvalue weighted by atomic mass is 10.2. The number of nitrogens with one attached hydrogen (secondary N) is 1. The highest BCUT2D eigenvalue weighted by Crippen LogP contribution is 2.34. The molecule has 0 aliphatic carbocycles. The molecule has 0 unspecified atom stereocenters. The molecule has 0 saturated carbocycles. The maximum absolute atomic E-state index is 13.9. The number of halogens is 5. The van der Waals surface area contributed by atoms with E-state index >= 15 is 0 Å². The van der Waals surface area contributed by atoms with Crippen molar-refractivity contribution in [2.75, 3.05) is 11.1 Å². The topological polar surface area (TPSA) is 103 Å². The monoisotopic (exact) mass is 439 g/mol. The molecule has 3 N–H and O–H groups in total. The number of rotatable bonds is 3. The fourth-order valence-electron chi connectivity index (χ4n) is 2.82. The first-order valence-electron chi connectivity index (χ1n) is 8.16. The van der Waals surface area contributed by atoms with Crippen molar-refractivity contribution in [3.05, 3.63) is 65.1 Å². The van der Waals surface area contributed by atoms with Gasteiger partial charge in [-0.2, -0.15) is 18.3 Å². The molecular weight excluding hydrogens is 430 g/mol. The second kappa shape index (κ2) is 6.99. The molecule has 4 rings (SSSR count). The summed E-state index contributed by atoms with van der Waals surface area (Å²) in [4.78, 5) is 20.0. The molecule has 4 aromatic rings. The Morgan fingerprint density at radius 2 is 1.97 bits per heavy atom. The van der Waals surface area contributed by atoms with Crippen molar-refractivity contribution >= 4 is 34.7 Å². The molecule has 8 nitrogen and oxygen atoms in total. The van der Waals surface area contributed by atoms with Gasteiger partial charge in [-0.15, -0.1) is 0 Å². The van der Waals surface area contributed by atoms with Crippen LogP contribution >= 0.6 is 11.6 Å². The first-order chi connectivity index (χ1) is 14.2. The third-order valence-corrected chi connectivity index (χ3v) is 4.41. The molecule has 0 bridgehead atoms. The van der Waals surface area contributed by atoms with Gasteiger partial charge in [-0.3, -0.25) is 9.20 Å². The summed E-state index contributed by atoms with van der Waals surface area (Å²) in [6.45, 7) is 0. The van der Waals surface area contributed by atoms with Crippen LogP contribution in [0.1, 0.15) is 16.1 Å². The number of nitrogen functional groups attached to an aromatic ring is 1. The largest absolute Gasteiger partial charge is 0.434 e. The highest BCUT2D eigenvalue weighted by atomic mass is 35.5. The number of nitrogens with two attached hydrogens (primary N) is 1. The van der Waals surface area contributed by atoms with Crippen LogP contribution in [0.15, 0.2) is 43.0 Å². The summed E-state index contributed by atoms with van der Waals surface area (Å²) in [5.74, 6) is -1.98. The number of aromatic nitrogens is 5. The lowest BCUT2D eigenvalue weighted by Crippen LogP contribution is -2.21. The predicted molar refractivity (Wildman–Crippen MR) is 98.9 cm³/mol. The Bertz CT molecular complexity index is 1280. The smallest absolute Gasteiger partial charge is 0.382 e. The zero-order valence-electron chi connectivity index (χ0n) is 14.7. The van der Waals surface area contributed by atoms with E-state index in [1.807, 2.05) is 0 Å². The Hall–Kier alpha value is -3.67. The molecule has 0 aliphatic heterocycles. The highest BCUT2D eigenvalue weighted by molar-refractivity contribution is 6.33. The van der Waals surface area contributed by atoms with Crippen molar-refractivity contribution < 1.29 is 22.4 Å². The first kappa shape index (κ1) is 19.6. The molecule has 4 aromatic heterocycles. The average molecular weight is 440 g/mol. The van der Waals surface area contributed by atoms with E-state index in [0.29, 0.717) is 4.68 Å². The number of hydrogen-bond acceptors (Lipinski definition) is 5. The maximum Gasteiger partial charge on any atom is 0.434 e. The van der Waals surface area contributed by atoms with Crippen molar-refractivity contribution in [3.8, 4) is 5.82 Å². The molecule has 4 heterocycles. The molecule has 0 aliphatic rings. The minimum absolute atomic E-state index is 0.000810. The summed E-state index contributed by atoms with van der Waals surface area (Å²) >= 11 is 5.81. The van der Waals surface area contributed by atoms with E-state index in [-0.39, 0.29) is 28.0 Å². The van der Waals surface area contributed by atoms with Crippen LogP contribution in [0.4, 0.5) is 29.1 Å². The molecule has 13 heteroatoms. The standard InChI is InChI=1S/C17H10ClF4N7O/c18-10-5-8(6-25-14(10)23)27-16(30)9-7-26-29(13(9)17(20,21)22)12-2-1-11(19)15-24-3-4-28(12)15/h1-7H,(H2,23,25)(H,27,30). The number of carbonyl (C=O) groups excluding carboxylic acids is 1. The van der Waals surface area contributed by atoms with E-state index in [4.69, 9.17) is 17.3 Å². The lowest BCUT2D eigenvalue weighted by Gasteiger charge is -2.14. The number of carbonyl (C=O) groups is 1. The number of nitrogens with zero attached hydrogens (tertiary/aromatic N) is 5. The Morgan fingerprint density at radius 1 is 1.20 bits per heavy atom. The van der Waals surface area contributed by atoms with Crippen LogP contribution in [0.25, 0.3) is 11.5 Å². The van der Waals surface area contributed by atoms with Gasteiger partial charge >= 0.3 is 6.18 Å². The second-order valence-electron chi connectivity index (χ2n) is 6.02. The van der Waals surface area contributed by atoms with Gasteiger partial charge in [0, 0.05) is 12.4 Å². The third kappa shape index (κ3) is 3.30. The number of hydrogen-bond donors (Lipinski definition) is 2. The zero-order valence-corrected chi connectivity index (χ0v) is 15.4. The molecule has 0 fully saturated rings. The number of imidazole rings is 1. The van der Waals surface area contributed by atoms with Crippen molar-refractivity contribution in [2.45, 2.75) is 6.18 Å².